The summed E-state index contributed by atoms with van der Waals surface area (Å²) >= 11 is 0. The van der Waals surface area contributed by atoms with E-state index in [0.717, 1.165) is 12.0 Å². The minimum Gasteiger partial charge on any atom is -0.313 e. The Morgan fingerprint density at radius 1 is 1.31 bits per heavy atom. The highest BCUT2D eigenvalue weighted by Gasteiger charge is 2.18. The molecule has 2 atom stereocenters. The Kier molecular flexibility index (Phi) is 7.06. The van der Waals surface area contributed by atoms with E-state index in [0.29, 0.717) is 0 Å². The largest absolute Gasteiger partial charge is 0.313 e. The van der Waals surface area contributed by atoms with Crippen LogP contribution in [0.4, 0.5) is 0 Å². The quantitative estimate of drug-likeness (QED) is 0.684. The summed E-state index contributed by atoms with van der Waals surface area (Å²) in [5.74, 6) is 0.951. The van der Waals surface area contributed by atoms with E-state index in [4.69, 9.17) is 0 Å². The van der Waals surface area contributed by atoms with Crippen molar-refractivity contribution in [3.63, 3.8) is 0 Å². The van der Waals surface area contributed by atoms with E-state index in [1.807, 2.05) is 0 Å². The lowest BCUT2D eigenvalue weighted by molar-refractivity contribution is 0.376. The molecule has 96 valence electrons. The van der Waals surface area contributed by atoms with Gasteiger partial charge >= 0.3 is 0 Å². The van der Waals surface area contributed by atoms with E-state index in [2.05, 4.69) is 31.1 Å². The Morgan fingerprint density at radius 3 is 2.69 bits per heavy atom. The molecule has 1 saturated heterocycles. The second-order valence-electron chi connectivity index (χ2n) is 5.41. The normalized spacial score (nSPS) is 23.8. The van der Waals surface area contributed by atoms with Gasteiger partial charge in [0.25, 0.3) is 0 Å². The topological polar surface area (TPSA) is 15.3 Å². The molecule has 0 aromatic heterocycles. The number of hydrogen-bond acceptors (Lipinski definition) is 2. The summed E-state index contributed by atoms with van der Waals surface area (Å²) in [6.45, 7) is 8.36. The van der Waals surface area contributed by atoms with E-state index >= 15 is 0 Å². The average molecular weight is 226 g/mol. The van der Waals surface area contributed by atoms with Gasteiger partial charge in [0.2, 0.25) is 0 Å². The summed E-state index contributed by atoms with van der Waals surface area (Å²) in [5.41, 5.74) is 0. The van der Waals surface area contributed by atoms with Crippen LogP contribution < -0.4 is 5.32 Å². The average Bonchev–Trinajstić information content (AvgIpc) is 2.69. The number of unbranched alkanes of at least 4 members (excludes halogenated alkanes) is 1. The molecule has 2 nitrogen and oxygen atoms in total. The number of likely N-dealkylation sites (tertiary alicyclic amines) is 1. The molecule has 2 unspecified atom stereocenters. The van der Waals surface area contributed by atoms with Crippen molar-refractivity contribution in [3.8, 4) is 0 Å². The van der Waals surface area contributed by atoms with Crippen LogP contribution in [0.5, 0.6) is 0 Å². The molecule has 0 bridgehead atoms. The first kappa shape index (κ1) is 14.0. The molecule has 0 amide bonds. The SMILES string of the molecule is CCCCC(CC)CCNC1CCN(C)C1. The summed E-state index contributed by atoms with van der Waals surface area (Å²) in [6.07, 6.45) is 8.24. The van der Waals surface area contributed by atoms with Crippen molar-refractivity contribution in [2.45, 2.75) is 58.4 Å². The smallest absolute Gasteiger partial charge is 0.0207 e. The third-order valence-electron chi connectivity index (χ3n) is 3.92. The summed E-state index contributed by atoms with van der Waals surface area (Å²) in [6, 6.07) is 0.758. The summed E-state index contributed by atoms with van der Waals surface area (Å²) in [7, 11) is 2.22. The lowest BCUT2D eigenvalue weighted by Gasteiger charge is -2.17. The van der Waals surface area contributed by atoms with Gasteiger partial charge in [-0.2, -0.15) is 0 Å². The molecule has 0 aliphatic carbocycles. The zero-order chi connectivity index (χ0) is 11.8. The molecule has 1 rings (SSSR count). The highest BCUT2D eigenvalue weighted by molar-refractivity contribution is 4.78. The second kappa shape index (κ2) is 8.08. The van der Waals surface area contributed by atoms with Gasteiger partial charge in [0.1, 0.15) is 0 Å². The highest BCUT2D eigenvalue weighted by Crippen LogP contribution is 2.16. The third kappa shape index (κ3) is 5.31. The predicted molar refractivity (Wildman–Crippen MR) is 71.8 cm³/mol. The molecule has 0 saturated carbocycles. The van der Waals surface area contributed by atoms with Crippen LogP contribution in [0.3, 0.4) is 0 Å². The predicted octanol–water partition coefficient (Wildman–Crippen LogP) is 2.89. The molecular weight excluding hydrogens is 196 g/mol. The summed E-state index contributed by atoms with van der Waals surface area (Å²) in [4.78, 5) is 2.42. The molecule has 1 fully saturated rings. The fraction of sp³-hybridized carbons (Fsp3) is 1.00. The van der Waals surface area contributed by atoms with Crippen LogP contribution in [0.25, 0.3) is 0 Å². The van der Waals surface area contributed by atoms with Gasteiger partial charge in [0, 0.05) is 12.6 Å². The molecule has 1 N–H and O–H groups in total. The van der Waals surface area contributed by atoms with Crippen molar-refractivity contribution in [1.29, 1.82) is 0 Å². The maximum absolute atomic E-state index is 3.71. The van der Waals surface area contributed by atoms with Crippen LogP contribution in [0, 0.1) is 5.92 Å². The number of nitrogens with zero attached hydrogens (tertiary/aromatic N) is 1. The van der Waals surface area contributed by atoms with E-state index in [1.165, 1.54) is 58.2 Å². The molecule has 2 heteroatoms. The number of likely N-dealkylation sites (N-methyl/N-ethyl adjacent to an activating group) is 1. The van der Waals surface area contributed by atoms with E-state index in [9.17, 15) is 0 Å². The van der Waals surface area contributed by atoms with Crippen LogP contribution in [0.15, 0.2) is 0 Å². The molecule has 0 aromatic rings. The molecule has 0 spiro atoms. The fourth-order valence-corrected chi connectivity index (χ4v) is 2.64. The Hall–Kier alpha value is -0.0800. The molecule has 1 aliphatic heterocycles. The van der Waals surface area contributed by atoms with Crippen molar-refractivity contribution in [2.24, 2.45) is 5.92 Å². The van der Waals surface area contributed by atoms with Crippen molar-refractivity contribution >= 4 is 0 Å². The van der Waals surface area contributed by atoms with Crippen molar-refractivity contribution in [3.05, 3.63) is 0 Å². The lowest BCUT2D eigenvalue weighted by atomic mass is 9.96. The maximum Gasteiger partial charge on any atom is 0.0207 e. The zero-order valence-corrected chi connectivity index (χ0v) is 11.5. The number of nitrogens with one attached hydrogen (secondary N) is 1. The molecule has 0 radical (unpaired) electrons. The van der Waals surface area contributed by atoms with Crippen LogP contribution in [0.1, 0.15) is 52.4 Å². The number of hydrogen-bond donors (Lipinski definition) is 1. The van der Waals surface area contributed by atoms with Gasteiger partial charge in [0.05, 0.1) is 0 Å². The minimum atomic E-state index is 0.758. The van der Waals surface area contributed by atoms with Crippen molar-refractivity contribution < 1.29 is 0 Å². The monoisotopic (exact) mass is 226 g/mol. The number of rotatable bonds is 8. The first-order chi connectivity index (χ1) is 7.76. The second-order valence-corrected chi connectivity index (χ2v) is 5.41. The Labute approximate surface area is 102 Å². The third-order valence-corrected chi connectivity index (χ3v) is 3.92. The van der Waals surface area contributed by atoms with Crippen LogP contribution in [-0.4, -0.2) is 37.6 Å². The zero-order valence-electron chi connectivity index (χ0n) is 11.5. The highest BCUT2D eigenvalue weighted by atomic mass is 15.2. The molecular formula is C14H30N2. The van der Waals surface area contributed by atoms with E-state index < -0.39 is 0 Å². The van der Waals surface area contributed by atoms with Crippen LogP contribution >= 0.6 is 0 Å². The van der Waals surface area contributed by atoms with E-state index in [1.54, 1.807) is 0 Å². The van der Waals surface area contributed by atoms with E-state index in [-0.39, 0.29) is 0 Å². The maximum atomic E-state index is 3.71. The van der Waals surface area contributed by atoms with Gasteiger partial charge < -0.3 is 10.2 Å². The minimum absolute atomic E-state index is 0.758. The van der Waals surface area contributed by atoms with Gasteiger partial charge in [-0.25, -0.2) is 0 Å². The summed E-state index contributed by atoms with van der Waals surface area (Å²) in [5, 5.41) is 3.71. The first-order valence-corrected chi connectivity index (χ1v) is 7.18. The molecule has 1 aliphatic rings. The standard InChI is InChI=1S/C14H30N2/c1-4-6-7-13(5-2)8-10-15-14-9-11-16(3)12-14/h13-15H,4-12H2,1-3H3. The van der Waals surface area contributed by atoms with Crippen molar-refractivity contribution in [1.82, 2.24) is 10.2 Å². The summed E-state index contributed by atoms with van der Waals surface area (Å²) < 4.78 is 0. The van der Waals surface area contributed by atoms with Gasteiger partial charge in [0.15, 0.2) is 0 Å². The van der Waals surface area contributed by atoms with Crippen LogP contribution in [-0.2, 0) is 0 Å². The van der Waals surface area contributed by atoms with Crippen molar-refractivity contribution in [2.75, 3.05) is 26.7 Å². The van der Waals surface area contributed by atoms with Gasteiger partial charge in [-0.05, 0) is 38.9 Å². The van der Waals surface area contributed by atoms with Gasteiger partial charge in [-0.1, -0.05) is 39.5 Å². The lowest BCUT2D eigenvalue weighted by Crippen LogP contribution is -2.32. The van der Waals surface area contributed by atoms with Gasteiger partial charge in [-0.15, -0.1) is 0 Å². The molecule has 0 aromatic carbocycles. The first-order valence-electron chi connectivity index (χ1n) is 7.18. The Balaban J connectivity index is 2.04. The molecule has 16 heavy (non-hydrogen) atoms. The molecule has 1 heterocycles. The van der Waals surface area contributed by atoms with Crippen LogP contribution in [0.2, 0.25) is 0 Å². The fourth-order valence-electron chi connectivity index (χ4n) is 2.64. The van der Waals surface area contributed by atoms with Gasteiger partial charge in [-0.3, -0.25) is 0 Å². The Morgan fingerprint density at radius 2 is 2.12 bits per heavy atom. The Bertz CT molecular complexity index is 170.